The predicted octanol–water partition coefficient (Wildman–Crippen LogP) is 2.00. The molecule has 1 atom stereocenters. The molecule has 16 heavy (non-hydrogen) atoms. The van der Waals surface area contributed by atoms with Crippen LogP contribution in [0, 0.1) is 6.92 Å². The molecule has 1 unspecified atom stereocenters. The second-order valence-electron chi connectivity index (χ2n) is 3.59. The molecule has 0 aliphatic carbocycles. The quantitative estimate of drug-likeness (QED) is 0.648. The van der Waals surface area contributed by atoms with Gasteiger partial charge in [-0.2, -0.15) is 0 Å². The van der Waals surface area contributed by atoms with Crippen molar-refractivity contribution >= 4 is 17.6 Å². The molecule has 0 amide bonds. The molecule has 0 spiro atoms. The summed E-state index contributed by atoms with van der Waals surface area (Å²) in [6.07, 6.45) is 0.836. The highest BCUT2D eigenvalue weighted by atomic mass is 35.5. The Kier molecular flexibility index (Phi) is 4.71. The number of hydrogen-bond acceptors (Lipinski definition) is 4. The van der Waals surface area contributed by atoms with Gasteiger partial charge in [-0.3, -0.25) is 4.79 Å². The maximum Gasteiger partial charge on any atom is 0.305 e. The minimum atomic E-state index is -0.257. The van der Waals surface area contributed by atoms with Crippen LogP contribution in [0.25, 0.3) is 0 Å². The van der Waals surface area contributed by atoms with E-state index in [4.69, 9.17) is 17.3 Å². The topological polar surface area (TPSA) is 65.2 Å². The molecule has 0 aromatic carbocycles. The highest BCUT2D eigenvalue weighted by Crippen LogP contribution is 2.19. The van der Waals surface area contributed by atoms with Gasteiger partial charge >= 0.3 is 5.97 Å². The number of carbonyl (C=O) groups excluding carboxylic acids is 1. The summed E-state index contributed by atoms with van der Waals surface area (Å²) in [4.78, 5) is 15.0. The zero-order valence-electron chi connectivity index (χ0n) is 9.37. The summed E-state index contributed by atoms with van der Waals surface area (Å²) >= 11 is 5.83. The highest BCUT2D eigenvalue weighted by molar-refractivity contribution is 6.29. The summed E-state index contributed by atoms with van der Waals surface area (Å²) in [5.74, 6) is -0.257. The average molecular weight is 243 g/mol. The maximum absolute atomic E-state index is 11.0. The van der Waals surface area contributed by atoms with Crippen molar-refractivity contribution in [2.75, 3.05) is 7.11 Å². The Morgan fingerprint density at radius 1 is 1.62 bits per heavy atom. The van der Waals surface area contributed by atoms with Crippen LogP contribution in [0.15, 0.2) is 12.1 Å². The first-order valence-corrected chi connectivity index (χ1v) is 5.37. The molecule has 0 saturated carbocycles. The zero-order valence-corrected chi connectivity index (χ0v) is 10.1. The monoisotopic (exact) mass is 242 g/mol. The summed E-state index contributed by atoms with van der Waals surface area (Å²) in [5.41, 5.74) is 7.65. The molecule has 0 fully saturated rings. The predicted molar refractivity (Wildman–Crippen MR) is 62.2 cm³/mol. The molecule has 1 aromatic heterocycles. The number of nitrogens with zero attached hydrogens (tertiary/aromatic N) is 1. The van der Waals surface area contributed by atoms with E-state index in [0.29, 0.717) is 18.0 Å². The number of methoxy groups -OCH3 is 1. The van der Waals surface area contributed by atoms with Gasteiger partial charge in [0.25, 0.3) is 0 Å². The maximum atomic E-state index is 11.0. The van der Waals surface area contributed by atoms with E-state index in [0.717, 1.165) is 11.3 Å². The van der Waals surface area contributed by atoms with E-state index in [1.54, 1.807) is 6.07 Å². The largest absolute Gasteiger partial charge is 0.469 e. The van der Waals surface area contributed by atoms with Crippen molar-refractivity contribution in [1.29, 1.82) is 0 Å². The van der Waals surface area contributed by atoms with Crippen molar-refractivity contribution in [3.05, 3.63) is 28.5 Å². The van der Waals surface area contributed by atoms with Crippen LogP contribution in [-0.2, 0) is 9.53 Å². The number of hydrogen-bond donors (Lipinski definition) is 1. The molecule has 1 rings (SSSR count). The van der Waals surface area contributed by atoms with Crippen LogP contribution >= 0.6 is 11.6 Å². The minimum Gasteiger partial charge on any atom is -0.469 e. The van der Waals surface area contributed by atoms with E-state index in [1.807, 2.05) is 13.0 Å². The number of nitrogens with two attached hydrogens (primary N) is 1. The van der Waals surface area contributed by atoms with Gasteiger partial charge in [0.05, 0.1) is 7.11 Å². The van der Waals surface area contributed by atoms with Gasteiger partial charge < -0.3 is 10.5 Å². The third-order valence-electron chi connectivity index (χ3n) is 2.26. The molecule has 88 valence electrons. The number of aromatic nitrogens is 1. The number of carbonyl (C=O) groups is 1. The standard InChI is InChI=1S/C11H15ClN2O2/c1-7-5-8(6-10(12)14-7)9(13)3-4-11(15)16-2/h5-6,9H,3-4,13H2,1-2H3. The van der Waals surface area contributed by atoms with E-state index < -0.39 is 0 Å². The van der Waals surface area contributed by atoms with E-state index in [9.17, 15) is 4.79 Å². The Balaban J connectivity index is 2.65. The zero-order chi connectivity index (χ0) is 12.1. The lowest BCUT2D eigenvalue weighted by molar-refractivity contribution is -0.140. The normalized spacial score (nSPS) is 12.2. The van der Waals surface area contributed by atoms with Crippen LogP contribution in [0.3, 0.4) is 0 Å². The molecule has 1 heterocycles. The fourth-order valence-corrected chi connectivity index (χ4v) is 1.67. The van der Waals surface area contributed by atoms with Crippen LogP contribution < -0.4 is 5.73 Å². The van der Waals surface area contributed by atoms with Crippen molar-refractivity contribution in [3.8, 4) is 0 Å². The Morgan fingerprint density at radius 3 is 2.88 bits per heavy atom. The van der Waals surface area contributed by atoms with Gasteiger partial charge in [-0.05, 0) is 31.0 Å². The summed E-state index contributed by atoms with van der Waals surface area (Å²) in [7, 11) is 1.36. The smallest absolute Gasteiger partial charge is 0.305 e. The molecule has 2 N–H and O–H groups in total. The fraction of sp³-hybridized carbons (Fsp3) is 0.455. The molecular weight excluding hydrogens is 228 g/mol. The number of esters is 1. The third-order valence-corrected chi connectivity index (χ3v) is 2.45. The average Bonchev–Trinajstić information content (AvgIpc) is 2.23. The van der Waals surface area contributed by atoms with Crippen molar-refractivity contribution in [2.24, 2.45) is 5.73 Å². The third kappa shape index (κ3) is 3.79. The van der Waals surface area contributed by atoms with Gasteiger partial charge in [0.2, 0.25) is 0 Å². The molecular formula is C11H15ClN2O2. The lowest BCUT2D eigenvalue weighted by Gasteiger charge is -2.12. The first kappa shape index (κ1) is 12.9. The Morgan fingerprint density at radius 2 is 2.31 bits per heavy atom. The molecule has 0 saturated heterocycles. The summed E-state index contributed by atoms with van der Waals surface area (Å²) < 4.78 is 4.55. The second-order valence-corrected chi connectivity index (χ2v) is 3.97. The molecule has 1 aromatic rings. The fourth-order valence-electron chi connectivity index (χ4n) is 1.41. The molecule has 0 bridgehead atoms. The Hall–Kier alpha value is -1.13. The van der Waals surface area contributed by atoms with Crippen molar-refractivity contribution in [2.45, 2.75) is 25.8 Å². The van der Waals surface area contributed by atoms with E-state index in [1.165, 1.54) is 7.11 Å². The summed E-state index contributed by atoms with van der Waals surface area (Å²) in [6.45, 7) is 1.85. The lowest BCUT2D eigenvalue weighted by atomic mass is 10.0. The van der Waals surface area contributed by atoms with Gasteiger partial charge in [0.15, 0.2) is 0 Å². The van der Waals surface area contributed by atoms with E-state index in [-0.39, 0.29) is 12.0 Å². The number of ether oxygens (including phenoxy) is 1. The van der Waals surface area contributed by atoms with Crippen LogP contribution in [0.4, 0.5) is 0 Å². The minimum absolute atomic E-state index is 0.224. The van der Waals surface area contributed by atoms with Crippen LogP contribution in [-0.4, -0.2) is 18.1 Å². The second kappa shape index (κ2) is 5.82. The van der Waals surface area contributed by atoms with Crippen LogP contribution in [0.2, 0.25) is 5.15 Å². The summed E-state index contributed by atoms with van der Waals surface area (Å²) in [6, 6.07) is 3.36. The molecule has 5 heteroatoms. The Bertz CT molecular complexity index is 362. The molecule has 0 aliphatic heterocycles. The SMILES string of the molecule is COC(=O)CCC(N)c1cc(C)nc(Cl)c1. The van der Waals surface area contributed by atoms with Crippen LogP contribution in [0.1, 0.15) is 30.1 Å². The highest BCUT2D eigenvalue weighted by Gasteiger charge is 2.10. The summed E-state index contributed by atoms with van der Waals surface area (Å²) in [5, 5.41) is 0.420. The van der Waals surface area contributed by atoms with E-state index in [2.05, 4.69) is 9.72 Å². The van der Waals surface area contributed by atoms with Crippen molar-refractivity contribution < 1.29 is 9.53 Å². The van der Waals surface area contributed by atoms with Gasteiger partial charge in [-0.25, -0.2) is 4.98 Å². The van der Waals surface area contributed by atoms with Gasteiger partial charge in [-0.15, -0.1) is 0 Å². The number of aryl methyl sites for hydroxylation is 1. The van der Waals surface area contributed by atoms with Gasteiger partial charge in [-0.1, -0.05) is 11.6 Å². The molecule has 4 nitrogen and oxygen atoms in total. The Labute approximate surface area is 99.8 Å². The first-order valence-electron chi connectivity index (χ1n) is 4.99. The first-order chi connectivity index (χ1) is 7.52. The van der Waals surface area contributed by atoms with E-state index >= 15 is 0 Å². The lowest BCUT2D eigenvalue weighted by Crippen LogP contribution is -2.13. The number of pyridine rings is 1. The molecule has 0 radical (unpaired) electrons. The molecule has 0 aliphatic rings. The van der Waals surface area contributed by atoms with Crippen LogP contribution in [0.5, 0.6) is 0 Å². The number of halogens is 1. The van der Waals surface area contributed by atoms with Crippen molar-refractivity contribution in [3.63, 3.8) is 0 Å². The van der Waals surface area contributed by atoms with Gasteiger partial charge in [0, 0.05) is 18.2 Å². The number of rotatable bonds is 4. The van der Waals surface area contributed by atoms with Gasteiger partial charge in [0.1, 0.15) is 5.15 Å². The van der Waals surface area contributed by atoms with Crippen molar-refractivity contribution in [1.82, 2.24) is 4.98 Å².